The van der Waals surface area contributed by atoms with Gasteiger partial charge in [-0.3, -0.25) is 0 Å². The third kappa shape index (κ3) is 6.56. The van der Waals surface area contributed by atoms with Crippen molar-refractivity contribution in [1.29, 1.82) is 0 Å². The van der Waals surface area contributed by atoms with Gasteiger partial charge in [-0.05, 0) is 0 Å². The van der Waals surface area contributed by atoms with E-state index in [-0.39, 0.29) is 54.7 Å². The summed E-state index contributed by atoms with van der Waals surface area (Å²) < 4.78 is 4.77. The molecule has 3 nitrogen and oxygen atoms in total. The van der Waals surface area contributed by atoms with Gasteiger partial charge in [0.15, 0.2) is 0 Å². The Kier molecular flexibility index (Phi) is 13.6. The van der Waals surface area contributed by atoms with Crippen LogP contribution in [0.25, 0.3) is 5.73 Å². The van der Waals surface area contributed by atoms with Crippen LogP contribution in [0.3, 0.4) is 0 Å². The summed E-state index contributed by atoms with van der Waals surface area (Å²) in [5.41, 5.74) is 8.98. The van der Waals surface area contributed by atoms with E-state index in [9.17, 15) is 0 Å². The van der Waals surface area contributed by atoms with Crippen LogP contribution in [0.5, 0.6) is 0 Å². The number of nitrogens with zero attached hydrogens (tertiary/aromatic N) is 1. The Labute approximate surface area is 114 Å². The van der Waals surface area contributed by atoms with Crippen molar-refractivity contribution < 1.29 is 46.2 Å². The topological polar surface area (TPSA) is 45.9 Å². The molecule has 0 spiro atoms. The minimum Gasteiger partial charge on any atom is -0.482 e. The zero-order valence-electron chi connectivity index (χ0n) is 8.37. The van der Waals surface area contributed by atoms with Crippen molar-refractivity contribution in [1.82, 2.24) is 4.98 Å². The Bertz CT molecular complexity index is 238. The predicted octanol–water partition coefficient (Wildman–Crippen LogP) is 2.68. The first kappa shape index (κ1) is 19.7. The molecule has 0 saturated heterocycles. The zero-order chi connectivity index (χ0) is 8.27. The molecule has 0 saturated carbocycles. The number of hydrogen-bond donors (Lipinski definition) is 0. The third-order valence-electron chi connectivity index (χ3n) is 1.23. The van der Waals surface area contributed by atoms with Crippen LogP contribution in [-0.2, 0) is 46.2 Å². The number of hydrogen-bond acceptors (Lipinski definition) is 2. The van der Waals surface area contributed by atoms with Gasteiger partial charge in [-0.15, -0.1) is 12.2 Å². The monoisotopic (exact) mass is 536 g/mol. The van der Waals surface area contributed by atoms with E-state index >= 15 is 0 Å². The average Bonchev–Trinajstić information content (AvgIpc) is 1.85. The second-order valence-corrected chi connectivity index (χ2v) is 2.31. The Morgan fingerprint density at radius 2 is 2.00 bits per heavy atom. The van der Waals surface area contributed by atoms with Crippen LogP contribution in [-0.4, -0.2) is 12.1 Å². The fourth-order valence-electron chi connectivity index (χ4n) is 0.875. The molecule has 0 bridgehead atoms. The smallest absolute Gasteiger partial charge is 0.482 e. The van der Waals surface area contributed by atoms with Gasteiger partial charge in [0.25, 0.3) is 0 Å². The largest absolute Gasteiger partial charge is 2.00 e. The van der Waals surface area contributed by atoms with Crippen LogP contribution in [0.2, 0.25) is 0 Å². The van der Waals surface area contributed by atoms with Crippen molar-refractivity contribution in [3.05, 3.63) is 43.2 Å². The van der Waals surface area contributed by atoms with E-state index in [1.807, 2.05) is 13.0 Å². The summed E-state index contributed by atoms with van der Waals surface area (Å²) in [4.78, 5) is 3.91. The summed E-state index contributed by atoms with van der Waals surface area (Å²) in [5, 5.41) is 0. The molecule has 0 atom stereocenters. The Morgan fingerprint density at radius 3 is 2.43 bits per heavy atom. The fraction of sp³-hybridized carbons (Fsp3) is 0.222. The van der Waals surface area contributed by atoms with Crippen molar-refractivity contribution >= 4 is 5.82 Å². The summed E-state index contributed by atoms with van der Waals surface area (Å²) in [6.45, 7) is 3.44. The Morgan fingerprint density at radius 1 is 1.43 bits per heavy atom. The maximum absolute atomic E-state index is 7.27. The van der Waals surface area contributed by atoms with E-state index in [0.29, 0.717) is 5.69 Å². The summed E-state index contributed by atoms with van der Waals surface area (Å²) in [6, 6.07) is 3.56. The van der Waals surface area contributed by atoms with E-state index in [1.165, 1.54) is 6.61 Å². The number of ether oxygens (including phenoxy) is 1. The zero-order valence-corrected chi connectivity index (χ0v) is 14.0. The molecule has 79 valence electrons. The Balaban J connectivity index is -0.000000403. The molecule has 1 radical (unpaired) electrons. The molecule has 0 unspecified atom stereocenters. The number of nitrogens with one attached hydrogen (secondary N) is 1. The first-order valence-electron chi connectivity index (χ1n) is 3.28. The van der Waals surface area contributed by atoms with Crippen LogP contribution >= 0.6 is 0 Å². The van der Waals surface area contributed by atoms with Gasteiger partial charge in [-0.25, -0.2) is 6.07 Å². The van der Waals surface area contributed by atoms with Gasteiger partial charge >= 0.3 is 21.1 Å². The van der Waals surface area contributed by atoms with Crippen molar-refractivity contribution in [2.45, 2.75) is 6.92 Å². The summed E-state index contributed by atoms with van der Waals surface area (Å²) in [6.07, 6.45) is 0. The predicted molar refractivity (Wildman–Crippen MR) is 49.8 cm³/mol. The van der Waals surface area contributed by atoms with Gasteiger partial charge in [-0.2, -0.15) is 5.69 Å². The normalized spacial score (nSPS) is 7.57. The second kappa shape index (κ2) is 9.68. The molecule has 5 heteroatoms. The molecule has 1 rings (SSSR count). The second-order valence-electron chi connectivity index (χ2n) is 2.31. The van der Waals surface area contributed by atoms with Crippen molar-refractivity contribution in [2.24, 2.45) is 0 Å². The van der Waals surface area contributed by atoms with Crippen LogP contribution < -0.4 is 0 Å². The minimum absolute atomic E-state index is 0. The first-order valence-corrected chi connectivity index (χ1v) is 3.28. The first-order chi connectivity index (χ1) is 5.22. The van der Waals surface area contributed by atoms with Crippen LogP contribution in [0, 0.1) is 21.0 Å². The number of methoxy groups -OCH3 is 1. The maximum Gasteiger partial charge on any atom is 2.00 e. The van der Waals surface area contributed by atoms with E-state index in [0.717, 1.165) is 5.56 Å². The molecule has 0 amide bonds. The van der Waals surface area contributed by atoms with Gasteiger partial charge in [-0.1, -0.05) is 18.8 Å². The van der Waals surface area contributed by atoms with Crippen molar-refractivity contribution in [3.63, 3.8) is 0 Å². The number of aryl methyl sites for hydroxylation is 1. The fourth-order valence-corrected chi connectivity index (χ4v) is 0.875. The summed E-state index contributed by atoms with van der Waals surface area (Å²) >= 11 is 0. The molecule has 0 aliphatic carbocycles. The number of rotatable bonds is 2. The molecule has 1 N–H and O–H groups in total. The van der Waals surface area contributed by atoms with E-state index < -0.39 is 0 Å². The molecular weight excluding hydrogens is 522 g/mol. The van der Waals surface area contributed by atoms with E-state index in [4.69, 9.17) is 10.5 Å². The van der Waals surface area contributed by atoms with Crippen molar-refractivity contribution in [2.75, 3.05) is 7.11 Å². The number of pyridine rings is 1. The molecule has 1 aromatic heterocycles. The molecule has 0 aromatic carbocycles. The van der Waals surface area contributed by atoms with Gasteiger partial charge in [0.2, 0.25) is 0 Å². The molecule has 0 fully saturated rings. The standard InChI is InChI=1S/C8H10N2O.CH3.Re.W/c1-6-3-7(5-11-2)10-8(9)4-6;;;/h3-5H,1-2H3,(H-,9,10);1H3;;/q-2;-1;;+2. The van der Waals surface area contributed by atoms with E-state index in [1.54, 1.807) is 13.2 Å². The summed E-state index contributed by atoms with van der Waals surface area (Å²) in [5.74, 6) is 0.272. The Hall–Kier alpha value is 0.131. The quantitative estimate of drug-likeness (QED) is 0.548. The average molecular weight is 535 g/mol. The van der Waals surface area contributed by atoms with Gasteiger partial charge in [0.1, 0.15) is 0 Å². The summed E-state index contributed by atoms with van der Waals surface area (Å²) in [7, 11) is 1.56. The maximum atomic E-state index is 7.27. The van der Waals surface area contributed by atoms with E-state index in [2.05, 4.69) is 4.98 Å². The molecule has 1 aromatic rings. The van der Waals surface area contributed by atoms with Gasteiger partial charge in [0, 0.05) is 27.5 Å². The SMILES string of the molecule is CO[CH-]c1cc(C)cc([NH-])n1.[CH3-].[Re].[W+2]. The van der Waals surface area contributed by atoms with Crippen LogP contribution in [0.1, 0.15) is 11.3 Å². The van der Waals surface area contributed by atoms with Crippen LogP contribution in [0.15, 0.2) is 12.1 Å². The minimum atomic E-state index is 0. The molecule has 0 aliphatic heterocycles. The van der Waals surface area contributed by atoms with Gasteiger partial charge in [0.05, 0.1) is 0 Å². The molecule has 14 heavy (non-hydrogen) atoms. The number of aromatic nitrogens is 1. The third-order valence-corrected chi connectivity index (χ3v) is 1.23. The van der Waals surface area contributed by atoms with Crippen molar-refractivity contribution in [3.8, 4) is 0 Å². The molecule has 1 heterocycles. The van der Waals surface area contributed by atoms with Gasteiger partial charge < -0.3 is 22.9 Å². The molecule has 0 aliphatic rings. The van der Waals surface area contributed by atoms with Crippen LogP contribution in [0.4, 0.5) is 5.82 Å². The molecular formula is C9H13N2OReW-.